The van der Waals surface area contributed by atoms with Crippen molar-refractivity contribution in [2.75, 3.05) is 44.7 Å². The Kier molecular flexibility index (Phi) is 8.09. The monoisotopic (exact) mass is 507 g/mol. The maximum atomic E-state index is 9.81. The average Bonchev–Trinajstić information content (AvgIpc) is 3.43. The van der Waals surface area contributed by atoms with Crippen molar-refractivity contribution in [3.8, 4) is 6.07 Å². The highest BCUT2D eigenvalue weighted by Crippen LogP contribution is 2.32. The number of H-pyrrole nitrogens is 1. The van der Waals surface area contributed by atoms with Crippen LogP contribution in [0.1, 0.15) is 33.6 Å². The number of benzene rings is 1. The van der Waals surface area contributed by atoms with Crippen LogP contribution in [0, 0.1) is 25.2 Å². The van der Waals surface area contributed by atoms with E-state index >= 15 is 0 Å². The highest BCUT2D eigenvalue weighted by molar-refractivity contribution is 5.90. The van der Waals surface area contributed by atoms with Gasteiger partial charge in [0.25, 0.3) is 0 Å². The first kappa shape index (κ1) is 25.6. The van der Waals surface area contributed by atoms with Crippen LogP contribution in [0.2, 0.25) is 0 Å². The van der Waals surface area contributed by atoms with Crippen molar-refractivity contribution in [3.05, 3.63) is 82.6 Å². The normalized spacial score (nSPS) is 14.2. The molecule has 1 aliphatic heterocycles. The van der Waals surface area contributed by atoms with Crippen molar-refractivity contribution in [3.63, 3.8) is 0 Å². The van der Waals surface area contributed by atoms with E-state index in [0.717, 1.165) is 96.3 Å². The lowest BCUT2D eigenvalue weighted by Crippen LogP contribution is -2.40. The first-order valence-corrected chi connectivity index (χ1v) is 13.0. The Morgan fingerprint density at radius 2 is 1.95 bits per heavy atom. The van der Waals surface area contributed by atoms with Crippen LogP contribution in [0.15, 0.2) is 48.9 Å². The minimum absolute atomic E-state index is 0.496. The number of morpholine rings is 1. The summed E-state index contributed by atoms with van der Waals surface area (Å²) < 4.78 is 5.40. The number of hydrogen-bond acceptors (Lipinski definition) is 7. The number of hydrogen-bond donors (Lipinski definition) is 3. The number of fused-ring (bicyclic) bond motifs is 1. The van der Waals surface area contributed by atoms with E-state index in [1.54, 1.807) is 6.20 Å². The molecule has 0 aliphatic carbocycles. The van der Waals surface area contributed by atoms with Crippen molar-refractivity contribution in [1.29, 1.82) is 5.26 Å². The van der Waals surface area contributed by atoms with Gasteiger partial charge in [0.05, 0.1) is 30.2 Å². The van der Waals surface area contributed by atoms with Gasteiger partial charge in [-0.25, -0.2) is 0 Å². The maximum Gasteiger partial charge on any atom is 0.103 e. The summed E-state index contributed by atoms with van der Waals surface area (Å²) in [5, 5.41) is 18.0. The van der Waals surface area contributed by atoms with Crippen LogP contribution in [0.25, 0.3) is 23.1 Å². The molecule has 194 valence electrons. The summed E-state index contributed by atoms with van der Waals surface area (Å²) in [5.74, 6) is 0. The van der Waals surface area contributed by atoms with E-state index < -0.39 is 0 Å². The van der Waals surface area contributed by atoms with E-state index in [4.69, 9.17) is 4.74 Å². The van der Waals surface area contributed by atoms with Crippen LogP contribution in [0.3, 0.4) is 0 Å². The fraction of sp³-hybridized carbons (Fsp3) is 0.300. The summed E-state index contributed by atoms with van der Waals surface area (Å²) in [5.41, 5.74) is 8.10. The number of aryl methyl sites for hydroxylation is 2. The Labute approximate surface area is 223 Å². The van der Waals surface area contributed by atoms with Gasteiger partial charge in [-0.3, -0.25) is 14.9 Å². The zero-order valence-corrected chi connectivity index (χ0v) is 21.9. The van der Waals surface area contributed by atoms with E-state index in [0.29, 0.717) is 5.56 Å². The standard InChI is InChI=1S/C30H33N7O/c1-21-26-9-10-33-29(26)8-7-28(21)36-30-24(17-31)20-34-22(2)27(30)6-5-25-4-3-23(19-35-25)18-32-11-12-37-13-15-38-16-14-37/h3-10,19-20,32-33H,11-16,18H2,1-2H3,(H,34,36)/b6-5+. The number of aromatic amines is 1. The Balaban J connectivity index is 1.28. The predicted molar refractivity (Wildman–Crippen MR) is 152 cm³/mol. The number of anilines is 2. The number of aromatic nitrogens is 3. The van der Waals surface area contributed by atoms with Crippen molar-refractivity contribution in [2.24, 2.45) is 0 Å². The lowest BCUT2D eigenvalue weighted by molar-refractivity contribution is 0.0384. The molecular formula is C30H33N7O. The molecule has 3 N–H and O–H groups in total. The van der Waals surface area contributed by atoms with Gasteiger partial charge in [0.2, 0.25) is 0 Å². The van der Waals surface area contributed by atoms with Crippen LogP contribution >= 0.6 is 0 Å². The molecule has 8 nitrogen and oxygen atoms in total. The molecule has 1 aliphatic rings. The lowest BCUT2D eigenvalue weighted by Gasteiger charge is -2.26. The van der Waals surface area contributed by atoms with Crippen LogP contribution in [-0.4, -0.2) is 59.2 Å². The van der Waals surface area contributed by atoms with Gasteiger partial charge in [-0.15, -0.1) is 0 Å². The Bertz CT molecular complexity index is 1460. The van der Waals surface area contributed by atoms with Gasteiger partial charge < -0.3 is 20.4 Å². The summed E-state index contributed by atoms with van der Waals surface area (Å²) in [6.07, 6.45) is 9.42. The molecule has 0 atom stereocenters. The van der Waals surface area contributed by atoms with Gasteiger partial charge >= 0.3 is 0 Å². The summed E-state index contributed by atoms with van der Waals surface area (Å²) in [7, 11) is 0. The molecule has 0 unspecified atom stereocenters. The molecule has 0 saturated carbocycles. The zero-order valence-electron chi connectivity index (χ0n) is 21.9. The smallest absolute Gasteiger partial charge is 0.103 e. The molecule has 0 bridgehead atoms. The molecule has 38 heavy (non-hydrogen) atoms. The molecule has 0 spiro atoms. The number of rotatable bonds is 9. The van der Waals surface area contributed by atoms with E-state index in [2.05, 4.69) is 55.6 Å². The quantitative estimate of drug-likeness (QED) is 0.280. The largest absolute Gasteiger partial charge is 0.379 e. The van der Waals surface area contributed by atoms with Gasteiger partial charge in [-0.2, -0.15) is 5.26 Å². The number of pyridine rings is 2. The van der Waals surface area contributed by atoms with E-state index in [9.17, 15) is 5.26 Å². The van der Waals surface area contributed by atoms with Gasteiger partial charge in [0, 0.05) is 79.2 Å². The van der Waals surface area contributed by atoms with Crippen molar-refractivity contribution in [1.82, 2.24) is 25.2 Å². The van der Waals surface area contributed by atoms with Crippen LogP contribution in [0.5, 0.6) is 0 Å². The van der Waals surface area contributed by atoms with Gasteiger partial charge in [0.15, 0.2) is 0 Å². The molecule has 4 aromatic rings. The third-order valence-electron chi connectivity index (χ3n) is 7.01. The van der Waals surface area contributed by atoms with Crippen LogP contribution in [-0.2, 0) is 11.3 Å². The van der Waals surface area contributed by atoms with Crippen molar-refractivity contribution < 1.29 is 4.74 Å². The predicted octanol–water partition coefficient (Wildman–Crippen LogP) is 4.78. The molecule has 5 rings (SSSR count). The third kappa shape index (κ3) is 5.92. The fourth-order valence-corrected chi connectivity index (χ4v) is 4.70. The summed E-state index contributed by atoms with van der Waals surface area (Å²) >= 11 is 0. The number of nitrogens with zero attached hydrogens (tertiary/aromatic N) is 4. The van der Waals surface area contributed by atoms with Gasteiger partial charge in [-0.1, -0.05) is 6.07 Å². The lowest BCUT2D eigenvalue weighted by atomic mass is 10.0. The molecule has 4 heterocycles. The third-order valence-corrected chi connectivity index (χ3v) is 7.01. The summed E-state index contributed by atoms with van der Waals surface area (Å²) in [6, 6.07) is 12.5. The Morgan fingerprint density at radius 1 is 1.08 bits per heavy atom. The molecule has 1 aromatic carbocycles. The molecule has 1 fully saturated rings. The Hall–Kier alpha value is -4.03. The molecule has 0 amide bonds. The summed E-state index contributed by atoms with van der Waals surface area (Å²) in [6.45, 7) is 10.5. The fourth-order valence-electron chi connectivity index (χ4n) is 4.70. The molecular weight excluding hydrogens is 474 g/mol. The van der Waals surface area contributed by atoms with E-state index in [1.807, 2.05) is 49.7 Å². The highest BCUT2D eigenvalue weighted by Gasteiger charge is 2.14. The second kappa shape index (κ2) is 12.0. The van der Waals surface area contributed by atoms with Gasteiger partial charge in [0.1, 0.15) is 6.07 Å². The Morgan fingerprint density at radius 3 is 2.74 bits per heavy atom. The van der Waals surface area contributed by atoms with Crippen LogP contribution in [0.4, 0.5) is 11.4 Å². The second-order valence-corrected chi connectivity index (χ2v) is 9.52. The minimum Gasteiger partial charge on any atom is -0.379 e. The SMILES string of the molecule is Cc1ncc(C#N)c(Nc2ccc3[nH]ccc3c2C)c1/C=C/c1ccc(CNCCN2CCOCC2)cn1. The molecule has 3 aromatic heterocycles. The van der Waals surface area contributed by atoms with Gasteiger partial charge in [-0.05, 0) is 61.4 Å². The number of nitriles is 1. The molecule has 0 radical (unpaired) electrons. The highest BCUT2D eigenvalue weighted by atomic mass is 16.5. The molecule has 8 heteroatoms. The van der Waals surface area contributed by atoms with E-state index in [-0.39, 0.29) is 0 Å². The number of ether oxygens (including phenoxy) is 1. The first-order chi connectivity index (χ1) is 18.6. The maximum absolute atomic E-state index is 9.81. The summed E-state index contributed by atoms with van der Waals surface area (Å²) in [4.78, 5) is 14.8. The van der Waals surface area contributed by atoms with Crippen molar-refractivity contribution >= 4 is 34.4 Å². The minimum atomic E-state index is 0.496. The molecule has 1 saturated heterocycles. The van der Waals surface area contributed by atoms with Crippen molar-refractivity contribution in [2.45, 2.75) is 20.4 Å². The average molecular weight is 508 g/mol. The topological polar surface area (TPSA) is 102 Å². The van der Waals surface area contributed by atoms with E-state index in [1.165, 1.54) is 0 Å². The zero-order chi connectivity index (χ0) is 26.3. The first-order valence-electron chi connectivity index (χ1n) is 13.0. The number of nitrogens with one attached hydrogen (secondary N) is 3. The second-order valence-electron chi connectivity index (χ2n) is 9.52. The van der Waals surface area contributed by atoms with Crippen LogP contribution < -0.4 is 10.6 Å².